The van der Waals surface area contributed by atoms with Crippen LogP contribution in [0.2, 0.25) is 0 Å². The van der Waals surface area contributed by atoms with Gasteiger partial charge >= 0.3 is 60.2 Å². The molecule has 10 nitrogen and oxygen atoms in total. The van der Waals surface area contributed by atoms with Crippen molar-refractivity contribution >= 4 is 23.9 Å². The zero-order valence-electron chi connectivity index (χ0n) is 49.2. The molecule has 85 heavy (non-hydrogen) atoms. The lowest BCUT2D eigenvalue weighted by atomic mass is 9.72. The maximum absolute atomic E-state index is 13.9. The number of halogens is 20. The summed E-state index contributed by atoms with van der Waals surface area (Å²) in [5, 5.41) is 18.6. The van der Waals surface area contributed by atoms with Gasteiger partial charge in [-0.15, -0.1) is 0 Å². The van der Waals surface area contributed by atoms with Gasteiger partial charge < -0.3 is 29.2 Å². The van der Waals surface area contributed by atoms with Crippen LogP contribution in [0.5, 0.6) is 0 Å². The molecule has 0 spiro atoms. The Morgan fingerprint density at radius 3 is 1.34 bits per heavy atom. The van der Waals surface area contributed by atoms with Crippen LogP contribution in [0.3, 0.4) is 0 Å². The third-order valence-electron chi connectivity index (χ3n) is 16.5. The fourth-order valence-corrected chi connectivity index (χ4v) is 9.24. The minimum absolute atomic E-state index is 0.115. The summed E-state index contributed by atoms with van der Waals surface area (Å²) in [4.78, 5) is 46.2. The minimum atomic E-state index is -6.41. The van der Waals surface area contributed by atoms with Crippen molar-refractivity contribution in [1.82, 2.24) is 0 Å². The van der Waals surface area contributed by atoms with Crippen molar-refractivity contribution in [1.29, 1.82) is 0 Å². The van der Waals surface area contributed by atoms with Crippen LogP contribution < -0.4 is 0 Å². The van der Waals surface area contributed by atoms with Crippen LogP contribution in [-0.4, -0.2) is 107 Å². The van der Waals surface area contributed by atoms with Gasteiger partial charge in [0.2, 0.25) is 5.82 Å². The predicted octanol–water partition coefficient (Wildman–Crippen LogP) is 15.6. The number of fused-ring (bicyclic) bond motifs is 2. The lowest BCUT2D eigenvalue weighted by Crippen LogP contribution is -2.62. The molecule has 2 bridgehead atoms. The molecule has 0 saturated heterocycles. The number of benzene rings is 1. The fraction of sp³-hybridized carbons (Fsp3) is 0.818. The van der Waals surface area contributed by atoms with E-state index in [0.717, 1.165) is 6.42 Å². The van der Waals surface area contributed by atoms with Gasteiger partial charge in [0.05, 0.1) is 10.8 Å². The first-order chi connectivity index (χ1) is 38.1. The van der Waals surface area contributed by atoms with Crippen LogP contribution >= 0.6 is 0 Å². The standard InChI is InChI=1S/C19H26F6O6.C13H18F6O.C12H21F3O3.C11H11F5/c1-4-16(2,3)13(26)29-10-11-30-14(27)17(20,21)19(24,25)18(22,23)15(28)31-12-8-6-5-7-9-12;1-6-7(2)10-4-8(6)3-9(10)5-11(20,12(14,15)16)13(17,18)19;1-6-10(3,4)9(16)18-8(2)7-11(5,17)12(13,14)15;1-4-11(2,3)5-6(12)8(14)10(16)9(15)7(5)13/h12H,4-11H2,1-3H3;6-10,20H,3-5H2,1-2H3;8,17H,6-7H2,1-5H3;4H2,1-3H3. The van der Waals surface area contributed by atoms with Crippen LogP contribution in [0.4, 0.5) is 87.8 Å². The molecule has 7 unspecified atom stereocenters. The minimum Gasteiger partial charge on any atom is -0.462 e. The monoisotopic (exact) mass is 1280 g/mol. The van der Waals surface area contributed by atoms with E-state index in [1.165, 1.54) is 34.6 Å². The Bertz CT molecular complexity index is 2350. The van der Waals surface area contributed by atoms with Gasteiger partial charge in [-0.3, -0.25) is 9.59 Å². The Hall–Kier alpha value is -4.38. The van der Waals surface area contributed by atoms with Gasteiger partial charge in [0, 0.05) is 12.0 Å². The topological polar surface area (TPSA) is 146 Å². The molecule has 3 aliphatic rings. The molecule has 7 atom stereocenters. The second-order valence-electron chi connectivity index (χ2n) is 23.9. The Morgan fingerprint density at radius 2 is 0.953 bits per heavy atom. The van der Waals surface area contributed by atoms with Gasteiger partial charge in [-0.25, -0.2) is 31.5 Å². The van der Waals surface area contributed by atoms with Crippen LogP contribution in [0.25, 0.3) is 0 Å². The van der Waals surface area contributed by atoms with Crippen LogP contribution in [0.1, 0.15) is 173 Å². The summed E-state index contributed by atoms with van der Waals surface area (Å²) in [6.07, 6.45) is -16.0. The molecule has 1 aromatic rings. The van der Waals surface area contributed by atoms with Gasteiger partial charge in [0.25, 0.3) is 5.60 Å². The first-order valence-electron chi connectivity index (χ1n) is 27.1. The van der Waals surface area contributed by atoms with Crippen LogP contribution in [-0.2, 0) is 43.5 Å². The Balaban J connectivity index is 0.000000588. The molecule has 0 aliphatic heterocycles. The maximum Gasteiger partial charge on any atom is 0.426 e. The molecule has 3 fully saturated rings. The van der Waals surface area contributed by atoms with E-state index in [9.17, 15) is 117 Å². The number of rotatable bonds is 19. The number of ether oxygens (including phenoxy) is 4. The van der Waals surface area contributed by atoms with E-state index >= 15 is 0 Å². The van der Waals surface area contributed by atoms with Crippen molar-refractivity contribution in [2.75, 3.05) is 13.2 Å². The number of esters is 4. The molecule has 2 N–H and O–H groups in total. The Morgan fingerprint density at radius 1 is 0.541 bits per heavy atom. The largest absolute Gasteiger partial charge is 0.462 e. The normalized spacial score (nSPS) is 21.2. The number of carbonyl (C=O) groups is 4. The van der Waals surface area contributed by atoms with Gasteiger partial charge in [-0.05, 0) is 141 Å². The second kappa shape index (κ2) is 28.8. The molecular formula is C55H76F20O10. The molecule has 0 radical (unpaired) electrons. The van der Waals surface area contributed by atoms with E-state index in [4.69, 9.17) is 4.74 Å². The Labute approximate surface area is 479 Å². The maximum atomic E-state index is 13.9. The van der Waals surface area contributed by atoms with E-state index in [1.54, 1.807) is 34.6 Å². The average molecular weight is 1280 g/mol. The zero-order chi connectivity index (χ0) is 67.0. The summed E-state index contributed by atoms with van der Waals surface area (Å²) in [5.41, 5.74) is -11.0. The summed E-state index contributed by atoms with van der Waals surface area (Å²) in [5.74, 6) is -35.2. The van der Waals surface area contributed by atoms with E-state index in [2.05, 4.69) is 14.2 Å². The van der Waals surface area contributed by atoms with Crippen LogP contribution in [0, 0.1) is 69.5 Å². The third-order valence-corrected chi connectivity index (χ3v) is 16.5. The van der Waals surface area contributed by atoms with Gasteiger partial charge in [0.15, 0.2) is 28.9 Å². The highest BCUT2D eigenvalue weighted by atomic mass is 19.4. The zero-order valence-corrected chi connectivity index (χ0v) is 49.2. The molecule has 0 amide bonds. The quantitative estimate of drug-likeness (QED) is 0.0343. The van der Waals surface area contributed by atoms with Crippen molar-refractivity contribution in [3.8, 4) is 0 Å². The van der Waals surface area contributed by atoms with Crippen molar-refractivity contribution in [3.05, 3.63) is 34.6 Å². The number of alkyl halides is 15. The third kappa shape index (κ3) is 18.6. The van der Waals surface area contributed by atoms with Gasteiger partial charge in [-0.1, -0.05) is 54.9 Å². The lowest BCUT2D eigenvalue weighted by molar-refractivity contribution is -0.373. The van der Waals surface area contributed by atoms with Crippen molar-refractivity contribution in [3.63, 3.8) is 0 Å². The SMILES string of the molecule is CC1C2CC(CC(O)(C(F)(F)F)C(F)(F)F)C(C2)C1C.CCC(C)(C)C(=O)OC(C)CC(C)(O)C(F)(F)F.CCC(C)(C)C(=O)OCCOC(=O)C(F)(F)C(F)(F)C(F)(F)C(=O)OC1CCCCC1.CCC(C)(C)c1c(F)c(F)c(F)c(F)c1F. The summed E-state index contributed by atoms with van der Waals surface area (Å²) in [7, 11) is 0. The summed E-state index contributed by atoms with van der Waals surface area (Å²) in [6, 6.07) is 0. The predicted molar refractivity (Wildman–Crippen MR) is 264 cm³/mol. The summed E-state index contributed by atoms with van der Waals surface area (Å²) in [6.45, 7) is 18.3. The molecule has 4 rings (SSSR count). The second-order valence-corrected chi connectivity index (χ2v) is 23.9. The highest BCUT2D eigenvalue weighted by Gasteiger charge is 2.80. The molecule has 0 heterocycles. The number of hydrogen-bond donors (Lipinski definition) is 2. The molecule has 496 valence electrons. The fourth-order valence-electron chi connectivity index (χ4n) is 9.24. The Kier molecular flexibility index (Phi) is 26.7. The molecule has 30 heteroatoms. The molecule has 3 aliphatic carbocycles. The molecule has 0 aromatic heterocycles. The van der Waals surface area contributed by atoms with Crippen LogP contribution in [0.15, 0.2) is 0 Å². The first-order valence-corrected chi connectivity index (χ1v) is 27.1. The first kappa shape index (κ1) is 78.6. The van der Waals surface area contributed by atoms with Crippen molar-refractivity contribution < 1.29 is 136 Å². The number of aliphatic hydroxyl groups is 2. The van der Waals surface area contributed by atoms with E-state index < -0.39 is 166 Å². The lowest BCUT2D eigenvalue weighted by Gasteiger charge is -2.39. The average Bonchev–Trinajstić information content (AvgIpc) is 3.37. The highest BCUT2D eigenvalue weighted by Crippen LogP contribution is 2.59. The van der Waals surface area contributed by atoms with E-state index in [-0.39, 0.29) is 37.0 Å². The van der Waals surface area contributed by atoms with Crippen molar-refractivity contribution in [2.24, 2.45) is 40.4 Å². The number of carbonyl (C=O) groups excluding carboxylic acids is 4. The van der Waals surface area contributed by atoms with E-state index in [1.807, 2.05) is 13.8 Å². The van der Waals surface area contributed by atoms with Gasteiger partial charge in [-0.2, -0.15) is 65.9 Å². The number of hydrogen-bond acceptors (Lipinski definition) is 10. The van der Waals surface area contributed by atoms with Gasteiger partial charge in [0.1, 0.15) is 25.4 Å². The summed E-state index contributed by atoms with van der Waals surface area (Å²) < 4.78 is 280. The van der Waals surface area contributed by atoms with Crippen molar-refractivity contribution in [2.45, 2.75) is 232 Å². The molecule has 3 saturated carbocycles. The van der Waals surface area contributed by atoms with E-state index in [0.29, 0.717) is 51.4 Å². The summed E-state index contributed by atoms with van der Waals surface area (Å²) >= 11 is 0. The highest BCUT2D eigenvalue weighted by molar-refractivity contribution is 5.85. The molecular weight excluding hydrogens is 1200 g/mol. The smallest absolute Gasteiger partial charge is 0.426 e. The molecule has 1 aromatic carbocycles.